The van der Waals surface area contributed by atoms with Gasteiger partial charge in [0.25, 0.3) is 0 Å². The smallest absolute Gasteiger partial charge is 0.161 e. The van der Waals surface area contributed by atoms with Crippen LogP contribution in [-0.4, -0.2) is 18.5 Å². The Morgan fingerprint density at radius 3 is 2.31 bits per heavy atom. The highest BCUT2D eigenvalue weighted by Crippen LogP contribution is 2.30. The van der Waals surface area contributed by atoms with Gasteiger partial charge in [-0.05, 0) is 33.1 Å². The van der Waals surface area contributed by atoms with Crippen molar-refractivity contribution in [3.63, 3.8) is 0 Å². The van der Waals surface area contributed by atoms with Crippen molar-refractivity contribution in [3.05, 3.63) is 12.2 Å². The van der Waals surface area contributed by atoms with E-state index < -0.39 is 0 Å². The average molecular weight is 182 g/mol. The number of rotatable bonds is 1. The van der Waals surface area contributed by atoms with Gasteiger partial charge in [-0.3, -0.25) is 0 Å². The molecule has 0 aromatic rings. The van der Waals surface area contributed by atoms with E-state index in [4.69, 9.17) is 9.47 Å². The van der Waals surface area contributed by atoms with E-state index in [1.807, 2.05) is 0 Å². The molecule has 0 aromatic carbocycles. The number of hydrogen-bond donors (Lipinski definition) is 0. The minimum Gasteiger partial charge on any atom is -0.347 e. The highest BCUT2D eigenvalue weighted by Gasteiger charge is 2.34. The summed E-state index contributed by atoms with van der Waals surface area (Å²) in [5, 5.41) is 0. The molecule has 0 N–H and O–H groups in total. The topological polar surface area (TPSA) is 18.5 Å². The summed E-state index contributed by atoms with van der Waals surface area (Å²) in [6.07, 6.45) is 8.57. The van der Waals surface area contributed by atoms with Crippen molar-refractivity contribution in [3.8, 4) is 0 Å². The van der Waals surface area contributed by atoms with Crippen molar-refractivity contribution in [2.75, 3.05) is 0 Å². The minimum absolute atomic E-state index is 0.0509. The van der Waals surface area contributed by atoms with E-state index in [2.05, 4.69) is 26.0 Å². The van der Waals surface area contributed by atoms with Crippen LogP contribution in [0.15, 0.2) is 12.2 Å². The molecule has 1 aliphatic carbocycles. The van der Waals surface area contributed by atoms with E-state index in [1.165, 1.54) is 12.8 Å². The lowest BCUT2D eigenvalue weighted by Gasteiger charge is -2.23. The highest BCUT2D eigenvalue weighted by molar-refractivity contribution is 4.92. The van der Waals surface area contributed by atoms with Crippen LogP contribution in [-0.2, 0) is 9.47 Å². The van der Waals surface area contributed by atoms with Crippen LogP contribution in [0.4, 0.5) is 0 Å². The van der Waals surface area contributed by atoms with Crippen LogP contribution in [0.1, 0.15) is 33.1 Å². The van der Waals surface area contributed by atoms with Crippen LogP contribution in [0.25, 0.3) is 0 Å². The summed E-state index contributed by atoms with van der Waals surface area (Å²) in [6, 6.07) is 0. The molecule has 2 nitrogen and oxygen atoms in total. The zero-order valence-corrected chi connectivity index (χ0v) is 8.40. The van der Waals surface area contributed by atoms with E-state index in [-0.39, 0.29) is 18.5 Å². The molecular weight excluding hydrogens is 164 g/mol. The lowest BCUT2D eigenvalue weighted by molar-refractivity contribution is -0.103. The van der Waals surface area contributed by atoms with E-state index in [0.717, 1.165) is 6.42 Å². The van der Waals surface area contributed by atoms with Gasteiger partial charge in [0.05, 0.1) is 12.2 Å². The molecule has 0 bridgehead atoms. The zero-order valence-electron chi connectivity index (χ0n) is 8.40. The fourth-order valence-electron chi connectivity index (χ4n) is 1.96. The maximum atomic E-state index is 5.76. The van der Waals surface area contributed by atoms with Gasteiger partial charge in [-0.2, -0.15) is 0 Å². The van der Waals surface area contributed by atoms with Gasteiger partial charge < -0.3 is 9.47 Å². The van der Waals surface area contributed by atoms with Gasteiger partial charge in [0, 0.05) is 5.92 Å². The average Bonchev–Trinajstić information content (AvgIpc) is 2.49. The number of allylic oxidation sites excluding steroid dienone is 2. The third kappa shape index (κ3) is 1.94. The first-order valence-electron chi connectivity index (χ1n) is 5.23. The maximum absolute atomic E-state index is 5.76. The van der Waals surface area contributed by atoms with E-state index in [0.29, 0.717) is 5.92 Å². The molecular formula is C11H18O2. The second-order valence-electron chi connectivity index (χ2n) is 4.10. The molecule has 0 saturated carbocycles. The van der Waals surface area contributed by atoms with Gasteiger partial charge >= 0.3 is 0 Å². The lowest BCUT2D eigenvalue weighted by Crippen LogP contribution is -2.23. The molecule has 0 unspecified atom stereocenters. The third-order valence-corrected chi connectivity index (χ3v) is 3.05. The molecule has 0 radical (unpaired) electrons. The molecule has 0 amide bonds. The van der Waals surface area contributed by atoms with Crippen molar-refractivity contribution < 1.29 is 9.47 Å². The third-order valence-electron chi connectivity index (χ3n) is 3.05. The fraction of sp³-hybridized carbons (Fsp3) is 0.818. The first-order chi connectivity index (χ1) is 6.27. The summed E-state index contributed by atoms with van der Waals surface area (Å²) in [6.45, 7) is 4.17. The lowest BCUT2D eigenvalue weighted by atomic mass is 9.94. The van der Waals surface area contributed by atoms with Crippen molar-refractivity contribution in [1.82, 2.24) is 0 Å². The van der Waals surface area contributed by atoms with Gasteiger partial charge in [-0.1, -0.05) is 12.2 Å². The molecule has 2 heteroatoms. The molecule has 1 heterocycles. The van der Waals surface area contributed by atoms with Crippen molar-refractivity contribution in [2.45, 2.75) is 51.6 Å². The highest BCUT2D eigenvalue weighted by atomic mass is 16.7. The van der Waals surface area contributed by atoms with Gasteiger partial charge in [0.1, 0.15) is 0 Å². The van der Waals surface area contributed by atoms with Crippen LogP contribution in [0, 0.1) is 5.92 Å². The minimum atomic E-state index is 0.0509. The van der Waals surface area contributed by atoms with Crippen LogP contribution >= 0.6 is 0 Å². The standard InChI is InChI=1S/C11H18O2/c1-8-9(2)13-11(12-8)10-6-4-3-5-7-10/h3-4,8-11H,5-7H2,1-2H3/t8-,9-,10+/m1/s1. The number of ether oxygens (including phenoxy) is 2. The normalized spacial score (nSPS) is 41.2. The molecule has 1 fully saturated rings. The molecule has 1 aliphatic heterocycles. The summed E-state index contributed by atoms with van der Waals surface area (Å²) in [5.74, 6) is 0.581. The molecule has 3 atom stereocenters. The monoisotopic (exact) mass is 182 g/mol. The Morgan fingerprint density at radius 1 is 1.08 bits per heavy atom. The van der Waals surface area contributed by atoms with Gasteiger partial charge in [0.2, 0.25) is 0 Å². The van der Waals surface area contributed by atoms with E-state index >= 15 is 0 Å². The van der Waals surface area contributed by atoms with E-state index in [1.54, 1.807) is 0 Å². The van der Waals surface area contributed by atoms with Crippen molar-refractivity contribution in [2.24, 2.45) is 5.92 Å². The fourth-order valence-corrected chi connectivity index (χ4v) is 1.96. The molecule has 2 aliphatic rings. The zero-order chi connectivity index (χ0) is 9.26. The number of hydrogen-bond acceptors (Lipinski definition) is 2. The van der Waals surface area contributed by atoms with Gasteiger partial charge in [-0.25, -0.2) is 0 Å². The second kappa shape index (κ2) is 3.81. The Kier molecular flexibility index (Phi) is 2.70. The summed E-state index contributed by atoms with van der Waals surface area (Å²) >= 11 is 0. The van der Waals surface area contributed by atoms with E-state index in [9.17, 15) is 0 Å². The molecule has 2 rings (SSSR count). The Hall–Kier alpha value is -0.340. The Morgan fingerprint density at radius 2 is 1.77 bits per heavy atom. The van der Waals surface area contributed by atoms with Crippen LogP contribution in [0.5, 0.6) is 0 Å². The van der Waals surface area contributed by atoms with Crippen LogP contribution in [0.3, 0.4) is 0 Å². The Balaban J connectivity index is 1.91. The molecule has 0 aromatic heterocycles. The van der Waals surface area contributed by atoms with Crippen LogP contribution < -0.4 is 0 Å². The maximum Gasteiger partial charge on any atom is 0.161 e. The molecule has 13 heavy (non-hydrogen) atoms. The Labute approximate surface area is 79.9 Å². The first kappa shape index (κ1) is 9.22. The molecule has 0 spiro atoms. The Bertz CT molecular complexity index is 190. The predicted octanol–water partition coefficient (Wildman–Crippen LogP) is 2.49. The summed E-state index contributed by atoms with van der Waals surface area (Å²) in [7, 11) is 0. The van der Waals surface area contributed by atoms with Crippen LogP contribution in [0.2, 0.25) is 0 Å². The molecule has 74 valence electrons. The van der Waals surface area contributed by atoms with Crippen molar-refractivity contribution >= 4 is 0 Å². The predicted molar refractivity (Wildman–Crippen MR) is 51.4 cm³/mol. The van der Waals surface area contributed by atoms with Crippen molar-refractivity contribution in [1.29, 1.82) is 0 Å². The van der Waals surface area contributed by atoms with Gasteiger partial charge in [0.15, 0.2) is 6.29 Å². The SMILES string of the molecule is C[C@H]1OC([C@H]2CC=CCC2)O[C@@H]1C. The quantitative estimate of drug-likeness (QED) is 0.580. The molecule has 1 saturated heterocycles. The van der Waals surface area contributed by atoms with Gasteiger partial charge in [-0.15, -0.1) is 0 Å². The summed E-state index contributed by atoms with van der Waals surface area (Å²) in [5.41, 5.74) is 0. The second-order valence-corrected chi connectivity index (χ2v) is 4.10. The largest absolute Gasteiger partial charge is 0.347 e. The summed E-state index contributed by atoms with van der Waals surface area (Å²) < 4.78 is 11.5. The first-order valence-corrected chi connectivity index (χ1v) is 5.23. The summed E-state index contributed by atoms with van der Waals surface area (Å²) in [4.78, 5) is 0.